The van der Waals surface area contributed by atoms with E-state index in [0.717, 1.165) is 0 Å². The van der Waals surface area contributed by atoms with Gasteiger partial charge in [0.05, 0.1) is 0 Å². The summed E-state index contributed by atoms with van der Waals surface area (Å²) < 4.78 is 0. The van der Waals surface area contributed by atoms with Gasteiger partial charge in [-0.1, -0.05) is 32.6 Å². The summed E-state index contributed by atoms with van der Waals surface area (Å²) in [6.07, 6.45) is 3.17. The molecule has 0 heterocycles. The maximum atomic E-state index is 8.17. The molecule has 0 rings (SSSR count). The van der Waals surface area contributed by atoms with Crippen molar-refractivity contribution in [3.8, 4) is 0 Å². The smallest absolute Gasteiger partial charge is 0.132 e. The van der Waals surface area contributed by atoms with Gasteiger partial charge in [-0.05, 0) is 0 Å². The summed E-state index contributed by atoms with van der Waals surface area (Å²) in [4.78, 5) is 0. The monoisotopic (exact) mass is 936 g/mol. The van der Waals surface area contributed by atoms with Crippen LogP contribution in [-0.2, 0) is 169 Å². The maximum Gasteiger partial charge on any atom is 0.132 e. The summed E-state index contributed by atoms with van der Waals surface area (Å²) in [5.41, 5.74) is -9.23. The van der Waals surface area contributed by atoms with Gasteiger partial charge in [0, 0.05) is 68.3 Å². The van der Waals surface area contributed by atoms with Gasteiger partial charge in [0.25, 0.3) is 0 Å². The molecule has 0 fully saturated rings. The molecule has 0 amide bonds. The third-order valence-electron chi connectivity index (χ3n) is 0.998. The van der Waals surface area contributed by atoms with Crippen molar-refractivity contribution in [3.05, 3.63) is 0 Å². The molecule has 0 aromatic heterocycles. The molecule has 264 valence electrons. The van der Waals surface area contributed by atoms with Gasteiger partial charge in [-0.3, -0.25) is 0 Å². The van der Waals surface area contributed by atoms with Crippen molar-refractivity contribution < 1.29 is 142 Å². The van der Waals surface area contributed by atoms with Crippen LogP contribution >= 0.6 is 25.3 Å². The zero-order valence-corrected chi connectivity index (χ0v) is 31.3. The van der Waals surface area contributed by atoms with Gasteiger partial charge >= 0.3 is 0 Å². The van der Waals surface area contributed by atoms with E-state index in [0.29, 0.717) is 0 Å². The van der Waals surface area contributed by atoms with Gasteiger partial charge in [-0.15, -0.1) is 25.3 Å². The van der Waals surface area contributed by atoms with E-state index in [9.17, 15) is 0 Å². The number of rotatable bonds is 4. The molecule has 0 aliphatic carbocycles. The zero-order valence-electron chi connectivity index (χ0n) is 18.7. The van der Waals surface area contributed by atoms with Crippen molar-refractivity contribution in [1.29, 1.82) is 0 Å². The second-order valence-electron chi connectivity index (χ2n) is 3.17. The van der Waals surface area contributed by atoms with E-state index in [-0.39, 0.29) is 101 Å². The number of aliphatic hydroxyl groups is 8. The summed E-state index contributed by atoms with van der Waals surface area (Å²) in [6, 6.07) is 0. The molecule has 14 nitrogen and oxygen atoms in total. The molecule has 0 aliphatic rings. The average Bonchev–Trinajstić information content (AvgIpc) is 2.59. The van der Waals surface area contributed by atoms with Crippen LogP contribution in [-0.4, -0.2) is 130 Å². The van der Waals surface area contributed by atoms with Crippen LogP contribution in [0.1, 0.15) is 0 Å². The normalized spacial score (nSPS) is 12.9. The molecular weight excluding hydrogens is 902 g/mol. The van der Waals surface area contributed by atoms with Crippen LogP contribution in [0.15, 0.2) is 0 Å². The summed E-state index contributed by atoms with van der Waals surface area (Å²) >= 11 is 39.6. The fourth-order valence-corrected chi connectivity index (χ4v) is 0. The molecule has 20 N–H and O–H groups in total. The standard InChI is InChI=1S/4C2H6O2S2.2CH4S.2Cu.2Mn.6H2O/c4*3-1(5)2(4)6;2*1-2;;;;;;;;;;/h4*1-6H;2*2H,1H3;;;;;6*1H2/p-8. The predicted octanol–water partition coefficient (Wildman–Crippen LogP) is -9.00. The Morgan fingerprint density at radius 2 is 0.421 bits per heavy atom. The molecule has 0 aromatic rings. The third kappa shape index (κ3) is 149. The maximum absolute atomic E-state index is 8.17. The van der Waals surface area contributed by atoms with Crippen molar-refractivity contribution in [3.63, 3.8) is 0 Å². The summed E-state index contributed by atoms with van der Waals surface area (Å²) in [6.45, 7) is 0. The minimum atomic E-state index is -1.19. The summed E-state index contributed by atoms with van der Waals surface area (Å²) in [7, 11) is 0. The summed E-state index contributed by atoms with van der Waals surface area (Å²) in [5.74, 6) is 0. The fourth-order valence-electron chi connectivity index (χ4n) is 0. The van der Waals surface area contributed by atoms with Crippen molar-refractivity contribution >= 4 is 126 Å². The van der Waals surface area contributed by atoms with E-state index in [1.807, 2.05) is 0 Å². The number of thiol groups is 2. The minimum Gasteiger partial charge on any atom is -0.796 e. The van der Waals surface area contributed by atoms with Gasteiger partial charge in [0.1, 0.15) is 10.9 Å². The largest absolute Gasteiger partial charge is 0.796 e. The predicted molar refractivity (Wildman–Crippen MR) is 158 cm³/mol. The average molecular weight is 938 g/mol. The fraction of sp³-hybridized carbons (Fsp3) is 1.00. The Bertz CT molecular complexity index is 208. The molecule has 0 aromatic carbocycles. The van der Waals surface area contributed by atoms with E-state index in [1.54, 1.807) is 12.5 Å². The minimum absolute atomic E-state index is 0. The van der Waals surface area contributed by atoms with E-state index in [2.05, 4.69) is 126 Å². The molecule has 0 spiro atoms. The van der Waals surface area contributed by atoms with Crippen LogP contribution in [0, 0.1) is 0 Å². The molecule has 8 unspecified atom stereocenters. The first-order valence-electron chi connectivity index (χ1n) is 6.15. The Kier molecular flexibility index (Phi) is 230. The zero-order chi connectivity index (χ0) is 24.6. The van der Waals surface area contributed by atoms with Crippen LogP contribution in [0.5, 0.6) is 0 Å². The van der Waals surface area contributed by atoms with Gasteiger partial charge in [0.15, 0.2) is 0 Å². The van der Waals surface area contributed by atoms with Gasteiger partial charge < -0.3 is 175 Å². The number of hydrogen-bond donors (Lipinski definition) is 10. The first-order valence-corrected chi connectivity index (χ1v) is 11.6. The number of hydrogen-bond acceptors (Lipinski definition) is 18. The van der Waals surface area contributed by atoms with Gasteiger partial charge in [-0.2, -0.15) is 12.5 Å². The topological polar surface area (TPSA) is 351 Å². The Morgan fingerprint density at radius 3 is 0.421 bits per heavy atom. The van der Waals surface area contributed by atoms with Crippen molar-refractivity contribution in [1.82, 2.24) is 0 Å². The Balaban J connectivity index is -0.0000000107. The van der Waals surface area contributed by atoms with E-state index >= 15 is 0 Å². The van der Waals surface area contributed by atoms with Crippen molar-refractivity contribution in [2.75, 3.05) is 12.5 Å². The molecule has 0 aliphatic heterocycles. The first kappa shape index (κ1) is 104. The second kappa shape index (κ2) is 84.0. The molecular formula is C10H36Cu2Mn2O14S10-8. The SMILES string of the molecule is C[S-].C[S-].O.O.O.O.O.O.OC(S)C(O)S.OC([S-])C(O)[S-].OC([S-])C(O)[S-].OC([S-])C(O)[S-].[Cu].[Cu].[Mn].[Mn]. The van der Waals surface area contributed by atoms with E-state index in [4.69, 9.17) is 40.9 Å². The molecule has 0 saturated carbocycles. The molecule has 38 heavy (non-hydrogen) atoms. The molecule has 28 heteroatoms. The van der Waals surface area contributed by atoms with Crippen molar-refractivity contribution in [2.24, 2.45) is 0 Å². The number of aliphatic hydroxyl groups excluding tert-OH is 8. The quantitative estimate of drug-likeness (QED) is 0.0542. The Labute approximate surface area is 320 Å². The molecule has 4 radical (unpaired) electrons. The second-order valence-corrected chi connectivity index (χ2v) is 7.13. The van der Waals surface area contributed by atoms with Crippen LogP contribution in [0.2, 0.25) is 0 Å². The van der Waals surface area contributed by atoms with Crippen LogP contribution < -0.4 is 0 Å². The van der Waals surface area contributed by atoms with Crippen LogP contribution in [0.3, 0.4) is 0 Å². The van der Waals surface area contributed by atoms with Gasteiger partial charge in [0.2, 0.25) is 0 Å². The molecule has 0 saturated heterocycles. The molecule has 0 bridgehead atoms. The van der Waals surface area contributed by atoms with Crippen LogP contribution in [0.4, 0.5) is 0 Å². The van der Waals surface area contributed by atoms with Crippen LogP contribution in [0.25, 0.3) is 0 Å². The van der Waals surface area contributed by atoms with Gasteiger partial charge in [-0.25, -0.2) is 0 Å². The Morgan fingerprint density at radius 1 is 0.368 bits per heavy atom. The molecule has 8 atom stereocenters. The van der Waals surface area contributed by atoms with Crippen molar-refractivity contribution in [2.45, 2.75) is 43.5 Å². The van der Waals surface area contributed by atoms with E-state index in [1.165, 1.54) is 0 Å². The van der Waals surface area contributed by atoms with E-state index < -0.39 is 43.5 Å². The Hall–Kier alpha value is 5.02. The third-order valence-corrected chi connectivity index (χ3v) is 3.86. The summed E-state index contributed by atoms with van der Waals surface area (Å²) in [5, 5.41) is 64.9. The first-order chi connectivity index (χ1) is 12.6.